The van der Waals surface area contributed by atoms with Crippen LogP contribution in [0.3, 0.4) is 0 Å². The van der Waals surface area contributed by atoms with Crippen molar-refractivity contribution < 1.29 is 9.53 Å². The molecule has 1 aromatic carbocycles. The van der Waals surface area contributed by atoms with Crippen LogP contribution in [-0.2, 0) is 9.53 Å². The Morgan fingerprint density at radius 1 is 1.47 bits per heavy atom. The molecule has 0 atom stereocenters. The lowest BCUT2D eigenvalue weighted by molar-refractivity contribution is -0.124. The van der Waals surface area contributed by atoms with Crippen LogP contribution in [-0.4, -0.2) is 24.7 Å². The fourth-order valence-corrected chi connectivity index (χ4v) is 2.07. The third kappa shape index (κ3) is 3.04. The van der Waals surface area contributed by atoms with Gasteiger partial charge in [-0.3, -0.25) is 4.79 Å². The van der Waals surface area contributed by atoms with Crippen LogP contribution in [0, 0.1) is 11.3 Å². The zero-order valence-electron chi connectivity index (χ0n) is 10.3. The number of anilines is 1. The maximum absolute atomic E-state index is 12.2. The molecule has 0 bridgehead atoms. The number of benzene rings is 1. The highest BCUT2D eigenvalue weighted by Gasteiger charge is 2.35. The second-order valence-electron chi connectivity index (χ2n) is 4.53. The van der Waals surface area contributed by atoms with E-state index in [0.717, 1.165) is 0 Å². The number of hydrogen-bond donors (Lipinski definition) is 2. The van der Waals surface area contributed by atoms with Crippen LogP contribution in [0.15, 0.2) is 18.2 Å². The minimum Gasteiger partial charge on any atom is -0.381 e. The van der Waals surface area contributed by atoms with Crippen LogP contribution >= 0.6 is 11.6 Å². The molecule has 6 heteroatoms. The standard InChI is InChI=1S/C13H14ClN3O2/c14-11-2-1-10(7-9(11)8-15)17-12(18)13(16)3-5-19-6-4-13/h1-2,7H,3-6,16H2,(H,17,18). The van der Waals surface area contributed by atoms with Gasteiger partial charge in [0.05, 0.1) is 10.6 Å². The van der Waals surface area contributed by atoms with E-state index in [1.165, 1.54) is 6.07 Å². The number of rotatable bonds is 2. The number of nitriles is 1. The summed E-state index contributed by atoms with van der Waals surface area (Å²) in [4.78, 5) is 12.2. The van der Waals surface area contributed by atoms with Gasteiger partial charge in [0.25, 0.3) is 0 Å². The number of carbonyl (C=O) groups is 1. The monoisotopic (exact) mass is 279 g/mol. The van der Waals surface area contributed by atoms with Gasteiger partial charge in [0.1, 0.15) is 11.6 Å². The summed E-state index contributed by atoms with van der Waals surface area (Å²) in [5, 5.41) is 12.0. The Morgan fingerprint density at radius 2 is 2.16 bits per heavy atom. The topological polar surface area (TPSA) is 88.1 Å². The molecule has 0 spiro atoms. The van der Waals surface area contributed by atoms with E-state index < -0.39 is 5.54 Å². The summed E-state index contributed by atoms with van der Waals surface area (Å²) in [6, 6.07) is 6.71. The lowest BCUT2D eigenvalue weighted by Gasteiger charge is -2.31. The molecule has 3 N–H and O–H groups in total. The lowest BCUT2D eigenvalue weighted by atomic mass is 9.90. The van der Waals surface area contributed by atoms with Crippen molar-refractivity contribution in [1.82, 2.24) is 0 Å². The van der Waals surface area contributed by atoms with E-state index in [0.29, 0.717) is 42.3 Å². The van der Waals surface area contributed by atoms with Gasteiger partial charge >= 0.3 is 0 Å². The molecule has 1 aliphatic heterocycles. The predicted molar refractivity (Wildman–Crippen MR) is 71.8 cm³/mol. The van der Waals surface area contributed by atoms with Crippen LogP contribution in [0.1, 0.15) is 18.4 Å². The molecule has 1 amide bonds. The Bertz CT molecular complexity index is 533. The maximum Gasteiger partial charge on any atom is 0.244 e. The predicted octanol–water partition coefficient (Wildman–Crippen LogP) is 1.66. The highest BCUT2D eigenvalue weighted by molar-refractivity contribution is 6.31. The summed E-state index contributed by atoms with van der Waals surface area (Å²) >= 11 is 5.83. The third-order valence-electron chi connectivity index (χ3n) is 3.18. The van der Waals surface area contributed by atoms with Gasteiger partial charge in [0.15, 0.2) is 0 Å². The summed E-state index contributed by atoms with van der Waals surface area (Å²) in [5.74, 6) is -0.262. The zero-order chi connectivity index (χ0) is 13.9. The molecular formula is C13H14ClN3O2. The van der Waals surface area contributed by atoms with Gasteiger partial charge in [0, 0.05) is 18.9 Å². The number of nitrogens with one attached hydrogen (secondary N) is 1. The van der Waals surface area contributed by atoms with E-state index in [1.807, 2.05) is 6.07 Å². The van der Waals surface area contributed by atoms with Crippen molar-refractivity contribution in [3.63, 3.8) is 0 Å². The van der Waals surface area contributed by atoms with Gasteiger partial charge in [-0.1, -0.05) is 11.6 Å². The van der Waals surface area contributed by atoms with Crippen molar-refractivity contribution in [2.24, 2.45) is 5.73 Å². The first-order valence-corrected chi connectivity index (χ1v) is 6.31. The molecule has 100 valence electrons. The third-order valence-corrected chi connectivity index (χ3v) is 3.51. The lowest BCUT2D eigenvalue weighted by Crippen LogP contribution is -2.54. The molecule has 1 saturated heterocycles. The largest absolute Gasteiger partial charge is 0.381 e. The highest BCUT2D eigenvalue weighted by Crippen LogP contribution is 2.23. The van der Waals surface area contributed by atoms with Crippen molar-refractivity contribution >= 4 is 23.2 Å². The number of nitrogens with two attached hydrogens (primary N) is 1. The van der Waals surface area contributed by atoms with Crippen LogP contribution < -0.4 is 11.1 Å². The molecule has 0 aliphatic carbocycles. The van der Waals surface area contributed by atoms with E-state index in [4.69, 9.17) is 27.3 Å². The van der Waals surface area contributed by atoms with Crippen LogP contribution in [0.2, 0.25) is 5.02 Å². The van der Waals surface area contributed by atoms with Crippen LogP contribution in [0.4, 0.5) is 5.69 Å². The Labute approximate surface area is 116 Å². The SMILES string of the molecule is N#Cc1cc(NC(=O)C2(N)CCOCC2)ccc1Cl. The number of carbonyl (C=O) groups excluding carboxylic acids is 1. The molecule has 0 radical (unpaired) electrons. The summed E-state index contributed by atoms with van der Waals surface area (Å²) < 4.78 is 5.20. The normalized spacial score (nSPS) is 17.5. The number of ether oxygens (including phenoxy) is 1. The summed E-state index contributed by atoms with van der Waals surface area (Å²) in [6.07, 6.45) is 0.967. The van der Waals surface area contributed by atoms with Crippen molar-refractivity contribution in [1.29, 1.82) is 5.26 Å². The summed E-state index contributed by atoms with van der Waals surface area (Å²) in [7, 11) is 0. The van der Waals surface area contributed by atoms with Gasteiger partial charge in [-0.15, -0.1) is 0 Å². The molecule has 0 saturated carbocycles. The van der Waals surface area contributed by atoms with E-state index in [9.17, 15) is 4.79 Å². The van der Waals surface area contributed by atoms with E-state index in [1.54, 1.807) is 12.1 Å². The quantitative estimate of drug-likeness (QED) is 0.862. The zero-order valence-corrected chi connectivity index (χ0v) is 11.0. The van der Waals surface area contributed by atoms with Gasteiger partial charge in [-0.25, -0.2) is 0 Å². The average Bonchev–Trinajstić information content (AvgIpc) is 2.41. The van der Waals surface area contributed by atoms with E-state index in [2.05, 4.69) is 5.32 Å². The fourth-order valence-electron chi connectivity index (χ4n) is 1.91. The summed E-state index contributed by atoms with van der Waals surface area (Å²) in [6.45, 7) is 0.960. The molecule has 1 aliphatic rings. The Balaban J connectivity index is 2.13. The van der Waals surface area contributed by atoms with Crippen molar-refractivity contribution in [3.05, 3.63) is 28.8 Å². The summed E-state index contributed by atoms with van der Waals surface area (Å²) in [5.41, 5.74) is 5.99. The number of hydrogen-bond acceptors (Lipinski definition) is 4. The van der Waals surface area contributed by atoms with Gasteiger partial charge in [-0.05, 0) is 31.0 Å². The molecule has 2 rings (SSSR count). The van der Waals surface area contributed by atoms with E-state index >= 15 is 0 Å². The van der Waals surface area contributed by atoms with Crippen molar-refractivity contribution in [3.8, 4) is 6.07 Å². The Kier molecular flexibility index (Phi) is 4.05. The first kappa shape index (κ1) is 13.8. The van der Waals surface area contributed by atoms with Crippen LogP contribution in [0.5, 0.6) is 0 Å². The first-order chi connectivity index (χ1) is 9.05. The fraction of sp³-hybridized carbons (Fsp3) is 0.385. The minimum atomic E-state index is -0.912. The first-order valence-electron chi connectivity index (χ1n) is 5.93. The van der Waals surface area contributed by atoms with Gasteiger partial charge in [-0.2, -0.15) is 5.26 Å². The molecule has 0 aromatic heterocycles. The second kappa shape index (κ2) is 5.57. The number of halogens is 1. The minimum absolute atomic E-state index is 0.262. The molecule has 0 unspecified atom stereocenters. The number of nitrogens with zero attached hydrogens (tertiary/aromatic N) is 1. The molecular weight excluding hydrogens is 266 g/mol. The van der Waals surface area contributed by atoms with E-state index in [-0.39, 0.29) is 5.91 Å². The van der Waals surface area contributed by atoms with Crippen LogP contribution in [0.25, 0.3) is 0 Å². The van der Waals surface area contributed by atoms with Crippen molar-refractivity contribution in [2.75, 3.05) is 18.5 Å². The molecule has 5 nitrogen and oxygen atoms in total. The smallest absolute Gasteiger partial charge is 0.244 e. The molecule has 1 aromatic rings. The Morgan fingerprint density at radius 3 is 2.79 bits per heavy atom. The average molecular weight is 280 g/mol. The van der Waals surface area contributed by atoms with Crippen molar-refractivity contribution in [2.45, 2.75) is 18.4 Å². The second-order valence-corrected chi connectivity index (χ2v) is 4.94. The van der Waals surface area contributed by atoms with Gasteiger partial charge < -0.3 is 15.8 Å². The highest BCUT2D eigenvalue weighted by atomic mass is 35.5. The molecule has 1 fully saturated rings. The van der Waals surface area contributed by atoms with Gasteiger partial charge in [0.2, 0.25) is 5.91 Å². The Hall–Kier alpha value is -1.61. The molecule has 19 heavy (non-hydrogen) atoms. The molecule has 1 heterocycles. The maximum atomic E-state index is 12.2. The number of amides is 1.